The van der Waals surface area contributed by atoms with Crippen LogP contribution in [-0.2, 0) is 6.42 Å². The zero-order valence-corrected chi connectivity index (χ0v) is 9.85. The van der Waals surface area contributed by atoms with Gasteiger partial charge in [-0.1, -0.05) is 37.5 Å². The smallest absolute Gasteiger partial charge is 0.0432 e. The predicted octanol–water partition coefficient (Wildman–Crippen LogP) is 4.45. The molecule has 0 atom stereocenters. The Hall–Kier alpha value is -0.430. The van der Waals surface area contributed by atoms with Gasteiger partial charge in [0.2, 0.25) is 0 Å². The highest BCUT2D eigenvalue weighted by Crippen LogP contribution is 2.49. The van der Waals surface area contributed by atoms with Gasteiger partial charge in [-0.2, -0.15) is 0 Å². The molecule has 3 rings (SSSR count). The van der Waals surface area contributed by atoms with Gasteiger partial charge in [-0.3, -0.25) is 0 Å². The van der Waals surface area contributed by atoms with E-state index < -0.39 is 0 Å². The van der Waals surface area contributed by atoms with Gasteiger partial charge in [-0.15, -0.1) is 11.8 Å². The molecule has 0 nitrogen and oxygen atoms in total. The summed E-state index contributed by atoms with van der Waals surface area (Å²) in [5, 5.41) is 1.75. The molecule has 0 unspecified atom stereocenters. The van der Waals surface area contributed by atoms with Gasteiger partial charge in [0.25, 0.3) is 0 Å². The SMILES string of the molecule is c1ccc2c(c1)C[C](C1CCCCC1)S2. The van der Waals surface area contributed by atoms with Crippen molar-refractivity contribution in [3.63, 3.8) is 0 Å². The summed E-state index contributed by atoms with van der Waals surface area (Å²) in [5.74, 6) is 0.913. The lowest BCUT2D eigenvalue weighted by molar-refractivity contribution is 0.387. The summed E-state index contributed by atoms with van der Waals surface area (Å²) in [4.78, 5) is 1.51. The number of hydrogen-bond donors (Lipinski definition) is 0. The van der Waals surface area contributed by atoms with E-state index in [-0.39, 0.29) is 0 Å². The zero-order valence-electron chi connectivity index (χ0n) is 9.04. The second-order valence-electron chi connectivity index (χ2n) is 4.69. The van der Waals surface area contributed by atoms with Gasteiger partial charge in [-0.05, 0) is 36.8 Å². The van der Waals surface area contributed by atoms with Crippen molar-refractivity contribution in [3.05, 3.63) is 35.1 Å². The van der Waals surface area contributed by atoms with Gasteiger partial charge in [0.15, 0.2) is 0 Å². The molecule has 15 heavy (non-hydrogen) atoms. The predicted molar refractivity (Wildman–Crippen MR) is 65.8 cm³/mol. The molecule has 0 amide bonds. The van der Waals surface area contributed by atoms with Gasteiger partial charge in [-0.25, -0.2) is 0 Å². The fourth-order valence-corrected chi connectivity index (χ4v) is 4.10. The van der Waals surface area contributed by atoms with Gasteiger partial charge in [0.05, 0.1) is 0 Å². The molecule has 0 saturated heterocycles. The number of thioether (sulfide) groups is 1. The van der Waals surface area contributed by atoms with Crippen LogP contribution in [0, 0.1) is 11.2 Å². The number of benzene rings is 1. The van der Waals surface area contributed by atoms with Crippen molar-refractivity contribution in [2.75, 3.05) is 0 Å². The fourth-order valence-electron chi connectivity index (χ4n) is 2.77. The Balaban J connectivity index is 1.72. The molecule has 1 aliphatic carbocycles. The van der Waals surface area contributed by atoms with E-state index in [1.54, 1.807) is 10.8 Å². The van der Waals surface area contributed by atoms with Crippen molar-refractivity contribution in [3.8, 4) is 0 Å². The molecule has 1 aromatic rings. The third-order valence-electron chi connectivity index (χ3n) is 3.64. The third kappa shape index (κ3) is 1.94. The van der Waals surface area contributed by atoms with Crippen LogP contribution in [0.15, 0.2) is 29.2 Å². The molecular formula is C14H17S. The van der Waals surface area contributed by atoms with Crippen molar-refractivity contribution < 1.29 is 0 Å². The molecule has 2 aliphatic rings. The van der Waals surface area contributed by atoms with E-state index in [0.717, 1.165) is 5.92 Å². The first-order valence-corrected chi connectivity index (χ1v) is 6.86. The van der Waals surface area contributed by atoms with E-state index in [2.05, 4.69) is 36.0 Å². The summed E-state index contributed by atoms with van der Waals surface area (Å²) in [6.07, 6.45) is 8.48. The lowest BCUT2D eigenvalue weighted by atomic mass is 9.85. The van der Waals surface area contributed by atoms with Crippen molar-refractivity contribution in [1.82, 2.24) is 0 Å². The van der Waals surface area contributed by atoms with Crippen LogP contribution in [0.2, 0.25) is 0 Å². The van der Waals surface area contributed by atoms with Crippen LogP contribution in [0.1, 0.15) is 37.7 Å². The van der Waals surface area contributed by atoms with E-state index in [9.17, 15) is 0 Å². The van der Waals surface area contributed by atoms with E-state index in [1.165, 1.54) is 43.4 Å². The van der Waals surface area contributed by atoms with Crippen LogP contribution >= 0.6 is 11.8 Å². The molecule has 1 heterocycles. The topological polar surface area (TPSA) is 0 Å². The lowest BCUT2D eigenvalue weighted by Gasteiger charge is -2.25. The average molecular weight is 217 g/mol. The summed E-state index contributed by atoms with van der Waals surface area (Å²) in [6, 6.07) is 8.90. The molecule has 0 N–H and O–H groups in total. The Morgan fingerprint density at radius 2 is 1.80 bits per heavy atom. The highest BCUT2D eigenvalue weighted by Gasteiger charge is 2.30. The highest BCUT2D eigenvalue weighted by molar-refractivity contribution is 8.02. The van der Waals surface area contributed by atoms with Crippen LogP contribution in [-0.4, -0.2) is 0 Å². The molecule has 1 fully saturated rings. The van der Waals surface area contributed by atoms with Crippen molar-refractivity contribution in [2.24, 2.45) is 5.92 Å². The largest absolute Gasteiger partial charge is 0.117 e. The van der Waals surface area contributed by atoms with Gasteiger partial charge in [0, 0.05) is 10.1 Å². The normalized spacial score (nSPS) is 22.9. The molecular weight excluding hydrogens is 200 g/mol. The number of fused-ring (bicyclic) bond motifs is 1. The Kier molecular flexibility index (Phi) is 2.74. The molecule has 1 heteroatoms. The maximum absolute atomic E-state index is 2.29. The Morgan fingerprint density at radius 3 is 2.60 bits per heavy atom. The van der Waals surface area contributed by atoms with Crippen LogP contribution in [0.5, 0.6) is 0 Å². The Labute approximate surface area is 96.5 Å². The van der Waals surface area contributed by atoms with E-state index in [1.807, 2.05) is 0 Å². The van der Waals surface area contributed by atoms with E-state index >= 15 is 0 Å². The maximum Gasteiger partial charge on any atom is 0.0432 e. The summed E-state index contributed by atoms with van der Waals surface area (Å²) in [6.45, 7) is 0. The van der Waals surface area contributed by atoms with E-state index in [4.69, 9.17) is 0 Å². The maximum atomic E-state index is 2.29. The number of rotatable bonds is 1. The summed E-state index contributed by atoms with van der Waals surface area (Å²) in [5.41, 5.74) is 1.56. The van der Waals surface area contributed by atoms with Crippen LogP contribution in [0.4, 0.5) is 0 Å². The van der Waals surface area contributed by atoms with Crippen molar-refractivity contribution in [2.45, 2.75) is 43.4 Å². The molecule has 1 saturated carbocycles. The summed E-state index contributed by atoms with van der Waals surface area (Å²) < 4.78 is 0. The molecule has 0 aromatic heterocycles. The monoisotopic (exact) mass is 217 g/mol. The summed E-state index contributed by atoms with van der Waals surface area (Å²) >= 11 is 2.06. The minimum Gasteiger partial charge on any atom is -0.117 e. The first kappa shape index (κ1) is 9.77. The molecule has 1 aromatic carbocycles. The zero-order chi connectivity index (χ0) is 10.1. The van der Waals surface area contributed by atoms with Crippen LogP contribution in [0.25, 0.3) is 0 Å². The Morgan fingerprint density at radius 1 is 1.00 bits per heavy atom. The Bertz CT molecular complexity index is 314. The quantitative estimate of drug-likeness (QED) is 0.670. The third-order valence-corrected chi connectivity index (χ3v) is 5.00. The molecule has 0 spiro atoms. The van der Waals surface area contributed by atoms with Gasteiger partial charge >= 0.3 is 0 Å². The van der Waals surface area contributed by atoms with E-state index in [0.29, 0.717) is 0 Å². The van der Waals surface area contributed by atoms with Crippen LogP contribution in [0.3, 0.4) is 0 Å². The number of hydrogen-bond acceptors (Lipinski definition) is 1. The minimum atomic E-state index is 0.913. The second-order valence-corrected chi connectivity index (χ2v) is 5.86. The first-order chi connectivity index (χ1) is 7.43. The standard InChI is InChI=1S/C14H17S/c1-2-6-11(7-3-1)14-10-12-8-4-5-9-13(12)15-14/h4-5,8-9,11H,1-3,6-7,10H2. The fraction of sp³-hybridized carbons (Fsp3) is 0.500. The minimum absolute atomic E-state index is 0.913. The van der Waals surface area contributed by atoms with Crippen molar-refractivity contribution in [1.29, 1.82) is 0 Å². The van der Waals surface area contributed by atoms with Crippen molar-refractivity contribution >= 4 is 11.8 Å². The summed E-state index contributed by atoms with van der Waals surface area (Å²) in [7, 11) is 0. The highest BCUT2D eigenvalue weighted by atomic mass is 32.2. The molecule has 79 valence electrons. The molecule has 1 aliphatic heterocycles. The van der Waals surface area contributed by atoms with Gasteiger partial charge < -0.3 is 0 Å². The second kappa shape index (κ2) is 4.21. The van der Waals surface area contributed by atoms with Crippen LogP contribution < -0.4 is 0 Å². The molecule has 1 radical (unpaired) electrons. The molecule has 0 bridgehead atoms. The lowest BCUT2D eigenvalue weighted by Crippen LogP contribution is -2.12. The first-order valence-electron chi connectivity index (χ1n) is 6.05. The van der Waals surface area contributed by atoms with Gasteiger partial charge in [0.1, 0.15) is 0 Å². The average Bonchev–Trinajstić information content (AvgIpc) is 2.74.